The van der Waals surface area contributed by atoms with Gasteiger partial charge in [-0.2, -0.15) is 0 Å². The van der Waals surface area contributed by atoms with Crippen LogP contribution in [0.1, 0.15) is 0 Å². The minimum Gasteiger partial charge on any atom is -0.363 e. The average molecular weight is 116 g/mol. The molecule has 0 aliphatic heterocycles. The summed E-state index contributed by atoms with van der Waals surface area (Å²) in [5.41, 5.74) is 0. The van der Waals surface area contributed by atoms with Gasteiger partial charge in [-0.15, -0.1) is 0 Å². The van der Waals surface area contributed by atoms with Gasteiger partial charge >= 0.3 is 0 Å². The van der Waals surface area contributed by atoms with Crippen molar-refractivity contribution in [3.05, 3.63) is 12.3 Å². The number of nitrogens with one attached hydrogen (secondary N) is 1. The molecule has 38 valence electrons. The summed E-state index contributed by atoms with van der Waals surface area (Å²) in [6.07, 6.45) is 1.47. The van der Waals surface area contributed by atoms with E-state index in [2.05, 4.69) is 27.2 Å². The standard InChI is InChI=1S/C3H4N2OS/c7-5-3-1-2-6-4-3/h1-2,7H,(H,4,5). The summed E-state index contributed by atoms with van der Waals surface area (Å²) in [4.78, 5) is 0. The van der Waals surface area contributed by atoms with Crippen molar-refractivity contribution < 1.29 is 4.52 Å². The summed E-state index contributed by atoms with van der Waals surface area (Å²) in [7, 11) is 0. The van der Waals surface area contributed by atoms with Crippen LogP contribution in [0.2, 0.25) is 0 Å². The smallest absolute Gasteiger partial charge is 0.178 e. The lowest BCUT2D eigenvalue weighted by atomic mass is 10.7. The molecule has 4 heteroatoms. The quantitative estimate of drug-likeness (QED) is 0.536. The van der Waals surface area contributed by atoms with Crippen LogP contribution >= 0.6 is 12.8 Å². The van der Waals surface area contributed by atoms with E-state index in [4.69, 9.17) is 0 Å². The zero-order valence-corrected chi connectivity index (χ0v) is 4.35. The van der Waals surface area contributed by atoms with Crippen molar-refractivity contribution in [3.8, 4) is 0 Å². The molecule has 1 rings (SSSR count). The lowest BCUT2D eigenvalue weighted by molar-refractivity contribution is 0.423. The molecule has 3 nitrogen and oxygen atoms in total. The second-order valence-corrected chi connectivity index (χ2v) is 1.22. The Bertz CT molecular complexity index is 127. The van der Waals surface area contributed by atoms with Gasteiger partial charge in [-0.05, 0) is 0 Å². The molecule has 0 fully saturated rings. The number of thiol groups is 1. The van der Waals surface area contributed by atoms with Crippen LogP contribution in [0.4, 0.5) is 5.82 Å². The molecule has 0 unspecified atom stereocenters. The lowest BCUT2D eigenvalue weighted by Gasteiger charge is -1.80. The van der Waals surface area contributed by atoms with Crippen molar-refractivity contribution in [1.29, 1.82) is 0 Å². The van der Waals surface area contributed by atoms with Gasteiger partial charge in [-0.3, -0.25) is 0 Å². The van der Waals surface area contributed by atoms with Crippen LogP contribution in [-0.4, -0.2) is 5.16 Å². The molecule has 0 aliphatic rings. The summed E-state index contributed by atoms with van der Waals surface area (Å²) in [6, 6.07) is 1.67. The van der Waals surface area contributed by atoms with Crippen molar-refractivity contribution >= 4 is 18.6 Å². The summed E-state index contributed by atoms with van der Waals surface area (Å²) < 4.78 is 6.94. The SMILES string of the molecule is SNc1ccon1. The maximum atomic E-state index is 4.44. The fraction of sp³-hybridized carbons (Fsp3) is 0. The maximum absolute atomic E-state index is 4.44. The Labute approximate surface area is 46.2 Å². The van der Waals surface area contributed by atoms with E-state index in [1.165, 1.54) is 6.26 Å². The molecule has 0 aliphatic carbocycles. The molecule has 0 radical (unpaired) electrons. The van der Waals surface area contributed by atoms with Crippen LogP contribution in [0.15, 0.2) is 16.9 Å². The van der Waals surface area contributed by atoms with Crippen molar-refractivity contribution in [2.24, 2.45) is 0 Å². The minimum atomic E-state index is 0.628. The first-order valence-corrected chi connectivity index (χ1v) is 2.18. The fourth-order valence-corrected chi connectivity index (χ4v) is 0.386. The largest absolute Gasteiger partial charge is 0.363 e. The predicted molar refractivity (Wildman–Crippen MR) is 29.1 cm³/mol. The van der Waals surface area contributed by atoms with Gasteiger partial charge in [0.25, 0.3) is 0 Å². The molecule has 1 heterocycles. The van der Waals surface area contributed by atoms with Crippen molar-refractivity contribution in [3.63, 3.8) is 0 Å². The Balaban J connectivity index is 2.76. The highest BCUT2D eigenvalue weighted by Crippen LogP contribution is 1.99. The van der Waals surface area contributed by atoms with Gasteiger partial charge in [0.2, 0.25) is 0 Å². The zero-order chi connectivity index (χ0) is 5.11. The molecule has 1 N–H and O–H groups in total. The third-order valence-electron chi connectivity index (χ3n) is 0.552. The minimum absolute atomic E-state index is 0.628. The molecule has 1 aromatic heterocycles. The van der Waals surface area contributed by atoms with E-state index in [1.807, 2.05) is 0 Å². The molecular weight excluding hydrogens is 112 g/mol. The molecule has 7 heavy (non-hydrogen) atoms. The Kier molecular flexibility index (Phi) is 1.21. The summed E-state index contributed by atoms with van der Waals surface area (Å²) in [5.74, 6) is 0.628. The highest BCUT2D eigenvalue weighted by atomic mass is 32.1. The van der Waals surface area contributed by atoms with E-state index < -0.39 is 0 Å². The highest BCUT2D eigenvalue weighted by Gasteiger charge is 1.85. The molecule has 1 aromatic rings. The first-order valence-electron chi connectivity index (χ1n) is 1.74. The number of rotatable bonds is 1. The van der Waals surface area contributed by atoms with E-state index in [-0.39, 0.29) is 0 Å². The molecule has 0 amide bonds. The third-order valence-corrected chi connectivity index (χ3v) is 0.781. The predicted octanol–water partition coefficient (Wildman–Crippen LogP) is 0.931. The Morgan fingerprint density at radius 3 is 3.00 bits per heavy atom. The Hall–Kier alpha value is -0.640. The van der Waals surface area contributed by atoms with Gasteiger partial charge in [0.1, 0.15) is 6.26 Å². The van der Waals surface area contributed by atoms with Gasteiger partial charge in [0.05, 0.1) is 0 Å². The lowest BCUT2D eigenvalue weighted by Crippen LogP contribution is -1.75. The van der Waals surface area contributed by atoms with E-state index >= 15 is 0 Å². The zero-order valence-electron chi connectivity index (χ0n) is 3.46. The van der Waals surface area contributed by atoms with Crippen LogP contribution in [0.25, 0.3) is 0 Å². The first kappa shape index (κ1) is 4.52. The van der Waals surface area contributed by atoms with Crippen LogP contribution < -0.4 is 4.72 Å². The number of hydrogen-bond donors (Lipinski definition) is 2. The molecular formula is C3H4N2OS. The monoisotopic (exact) mass is 116 g/mol. The van der Waals surface area contributed by atoms with Gasteiger partial charge in [0, 0.05) is 6.07 Å². The van der Waals surface area contributed by atoms with Gasteiger partial charge in [0.15, 0.2) is 5.82 Å². The van der Waals surface area contributed by atoms with Crippen molar-refractivity contribution in [2.45, 2.75) is 0 Å². The van der Waals surface area contributed by atoms with E-state index in [0.717, 1.165) is 0 Å². The van der Waals surface area contributed by atoms with E-state index in [0.29, 0.717) is 5.82 Å². The number of anilines is 1. The Morgan fingerprint density at radius 2 is 2.71 bits per heavy atom. The number of nitrogens with zero attached hydrogens (tertiary/aromatic N) is 1. The van der Waals surface area contributed by atoms with Crippen LogP contribution in [0.5, 0.6) is 0 Å². The Morgan fingerprint density at radius 1 is 1.86 bits per heavy atom. The topological polar surface area (TPSA) is 38.1 Å². The van der Waals surface area contributed by atoms with Crippen LogP contribution in [0, 0.1) is 0 Å². The second-order valence-electron chi connectivity index (χ2n) is 0.996. The molecule has 0 aromatic carbocycles. The molecule has 0 atom stereocenters. The molecule has 0 bridgehead atoms. The summed E-state index contributed by atoms with van der Waals surface area (Å²) >= 11 is 3.70. The summed E-state index contributed by atoms with van der Waals surface area (Å²) in [5, 5.41) is 3.47. The fourth-order valence-electron chi connectivity index (χ4n) is 0.270. The average Bonchev–Trinajstić information content (AvgIpc) is 2.14. The first-order chi connectivity index (χ1) is 3.43. The van der Waals surface area contributed by atoms with Crippen molar-refractivity contribution in [1.82, 2.24) is 5.16 Å². The van der Waals surface area contributed by atoms with E-state index in [1.54, 1.807) is 6.07 Å². The van der Waals surface area contributed by atoms with Crippen molar-refractivity contribution in [2.75, 3.05) is 4.72 Å². The van der Waals surface area contributed by atoms with Gasteiger partial charge in [-0.1, -0.05) is 18.0 Å². The van der Waals surface area contributed by atoms with Gasteiger partial charge in [-0.25, -0.2) is 0 Å². The summed E-state index contributed by atoms with van der Waals surface area (Å²) in [6.45, 7) is 0. The molecule has 0 saturated carbocycles. The third kappa shape index (κ3) is 0.866. The maximum Gasteiger partial charge on any atom is 0.178 e. The number of hydrogen-bond acceptors (Lipinski definition) is 4. The normalized spacial score (nSPS) is 8.71. The molecule has 0 spiro atoms. The second kappa shape index (κ2) is 1.88. The van der Waals surface area contributed by atoms with Gasteiger partial charge < -0.3 is 9.25 Å². The highest BCUT2D eigenvalue weighted by molar-refractivity contribution is 7.81. The van der Waals surface area contributed by atoms with Crippen LogP contribution in [-0.2, 0) is 0 Å². The molecule has 0 saturated heterocycles. The van der Waals surface area contributed by atoms with E-state index in [9.17, 15) is 0 Å². The number of aromatic nitrogens is 1. The van der Waals surface area contributed by atoms with Crippen LogP contribution in [0.3, 0.4) is 0 Å².